The second-order valence-corrected chi connectivity index (χ2v) is 4.87. The summed E-state index contributed by atoms with van der Waals surface area (Å²) in [7, 11) is 1.53. The van der Waals surface area contributed by atoms with Crippen molar-refractivity contribution in [3.8, 4) is 11.5 Å². The summed E-state index contributed by atoms with van der Waals surface area (Å²) in [5.41, 5.74) is 0.488. The molecule has 5 heteroatoms. The zero-order chi connectivity index (χ0) is 14.5. The first-order valence-corrected chi connectivity index (χ1v) is 6.64. The number of methoxy groups -OCH3 is 1. The van der Waals surface area contributed by atoms with Crippen LogP contribution in [0.15, 0.2) is 46.9 Å². The summed E-state index contributed by atoms with van der Waals surface area (Å²) in [6.45, 7) is -0.158. The molecule has 0 aliphatic rings. The molecule has 3 nitrogen and oxygen atoms in total. The highest BCUT2D eigenvalue weighted by Gasteiger charge is 2.09. The van der Waals surface area contributed by atoms with E-state index >= 15 is 0 Å². The molecule has 0 radical (unpaired) electrons. The topological polar surface area (TPSA) is 35.5 Å². The Bertz CT molecular complexity index is 628. The molecule has 0 unspecified atom stereocenters. The molecule has 0 heterocycles. The van der Waals surface area contributed by atoms with Crippen LogP contribution in [-0.4, -0.2) is 19.5 Å². The monoisotopic (exact) mass is 338 g/mol. The van der Waals surface area contributed by atoms with Crippen LogP contribution in [0.3, 0.4) is 0 Å². The van der Waals surface area contributed by atoms with E-state index in [2.05, 4.69) is 15.9 Å². The smallest absolute Gasteiger partial charge is 0.200 e. The molecular weight excluding hydrogens is 327 g/mol. The van der Waals surface area contributed by atoms with Crippen LogP contribution >= 0.6 is 15.9 Å². The number of benzene rings is 2. The maximum absolute atomic E-state index is 13.3. The number of halogens is 2. The molecular formula is C15H12BrFO3. The van der Waals surface area contributed by atoms with Crippen LogP contribution in [-0.2, 0) is 0 Å². The standard InChI is InChI=1S/C15H12BrFO3/c1-19-11-4-2-3-10(7-11)15(18)9-20-12-5-6-13(16)14(17)8-12/h2-8H,9H2,1H3. The first-order chi connectivity index (χ1) is 9.60. The zero-order valence-electron chi connectivity index (χ0n) is 10.7. The molecule has 0 aromatic heterocycles. The highest BCUT2D eigenvalue weighted by atomic mass is 79.9. The number of hydrogen-bond acceptors (Lipinski definition) is 3. The molecule has 0 spiro atoms. The Morgan fingerprint density at radius 3 is 2.70 bits per heavy atom. The molecule has 0 fully saturated rings. The molecule has 0 aliphatic heterocycles. The first kappa shape index (κ1) is 14.5. The van der Waals surface area contributed by atoms with Crippen molar-refractivity contribution >= 4 is 21.7 Å². The number of Topliss-reactive ketones (excluding diaryl/α,β-unsaturated/α-hetero) is 1. The van der Waals surface area contributed by atoms with Crippen molar-refractivity contribution in [1.82, 2.24) is 0 Å². The third kappa shape index (κ3) is 3.57. The molecule has 0 saturated heterocycles. The minimum absolute atomic E-state index is 0.158. The fourth-order valence-corrected chi connectivity index (χ4v) is 1.84. The average molecular weight is 339 g/mol. The lowest BCUT2D eigenvalue weighted by atomic mass is 10.1. The third-order valence-corrected chi connectivity index (χ3v) is 3.30. The first-order valence-electron chi connectivity index (χ1n) is 5.85. The number of ether oxygens (including phenoxy) is 2. The van der Waals surface area contributed by atoms with Gasteiger partial charge in [0.15, 0.2) is 12.4 Å². The second kappa shape index (κ2) is 6.52. The average Bonchev–Trinajstić information content (AvgIpc) is 2.48. The predicted octanol–water partition coefficient (Wildman–Crippen LogP) is 3.86. The fraction of sp³-hybridized carbons (Fsp3) is 0.133. The predicted molar refractivity (Wildman–Crippen MR) is 76.9 cm³/mol. The van der Waals surface area contributed by atoms with Gasteiger partial charge in [-0.3, -0.25) is 4.79 Å². The number of hydrogen-bond donors (Lipinski definition) is 0. The number of rotatable bonds is 5. The van der Waals surface area contributed by atoms with Crippen LogP contribution < -0.4 is 9.47 Å². The lowest BCUT2D eigenvalue weighted by molar-refractivity contribution is 0.0921. The van der Waals surface area contributed by atoms with Crippen molar-refractivity contribution in [3.05, 3.63) is 58.3 Å². The number of carbonyl (C=O) groups excluding carboxylic acids is 1. The van der Waals surface area contributed by atoms with Crippen LogP contribution in [0.1, 0.15) is 10.4 Å². The van der Waals surface area contributed by atoms with Gasteiger partial charge in [-0.05, 0) is 40.2 Å². The Morgan fingerprint density at radius 2 is 2.00 bits per heavy atom. The highest BCUT2D eigenvalue weighted by Crippen LogP contribution is 2.21. The largest absolute Gasteiger partial charge is 0.497 e. The molecule has 0 N–H and O–H groups in total. The van der Waals surface area contributed by atoms with Gasteiger partial charge in [-0.2, -0.15) is 0 Å². The van der Waals surface area contributed by atoms with Crippen molar-refractivity contribution in [2.45, 2.75) is 0 Å². The molecule has 2 rings (SSSR count). The number of carbonyl (C=O) groups is 1. The van der Waals surface area contributed by atoms with Gasteiger partial charge in [0.25, 0.3) is 0 Å². The lowest BCUT2D eigenvalue weighted by Gasteiger charge is -2.07. The van der Waals surface area contributed by atoms with Crippen LogP contribution in [0.2, 0.25) is 0 Å². The molecule has 0 saturated carbocycles. The van der Waals surface area contributed by atoms with Crippen molar-refractivity contribution in [3.63, 3.8) is 0 Å². The summed E-state index contributed by atoms with van der Waals surface area (Å²) in [6.07, 6.45) is 0. The van der Waals surface area contributed by atoms with E-state index in [0.717, 1.165) is 0 Å². The van der Waals surface area contributed by atoms with E-state index in [4.69, 9.17) is 9.47 Å². The molecule has 20 heavy (non-hydrogen) atoms. The molecule has 0 atom stereocenters. The van der Waals surface area contributed by atoms with Crippen LogP contribution in [0.4, 0.5) is 4.39 Å². The van der Waals surface area contributed by atoms with Crippen LogP contribution in [0.25, 0.3) is 0 Å². The van der Waals surface area contributed by atoms with E-state index in [0.29, 0.717) is 21.5 Å². The van der Waals surface area contributed by atoms with Crippen molar-refractivity contribution in [1.29, 1.82) is 0 Å². The highest BCUT2D eigenvalue weighted by molar-refractivity contribution is 9.10. The number of ketones is 1. The van der Waals surface area contributed by atoms with E-state index in [1.165, 1.54) is 19.2 Å². The van der Waals surface area contributed by atoms with Crippen molar-refractivity contribution < 1.29 is 18.7 Å². The van der Waals surface area contributed by atoms with Crippen LogP contribution in [0, 0.1) is 5.82 Å². The Kier molecular flexibility index (Phi) is 4.74. The van der Waals surface area contributed by atoms with Gasteiger partial charge in [0.2, 0.25) is 0 Å². The summed E-state index contributed by atoms with van der Waals surface area (Å²) in [5, 5.41) is 0. The van der Waals surface area contributed by atoms with E-state index in [-0.39, 0.29) is 12.4 Å². The molecule has 0 aliphatic carbocycles. The van der Waals surface area contributed by atoms with Crippen molar-refractivity contribution in [2.75, 3.05) is 13.7 Å². The van der Waals surface area contributed by atoms with Crippen molar-refractivity contribution in [2.24, 2.45) is 0 Å². The van der Waals surface area contributed by atoms with Gasteiger partial charge in [-0.15, -0.1) is 0 Å². The summed E-state index contributed by atoms with van der Waals surface area (Å²) in [4.78, 5) is 12.0. The van der Waals surface area contributed by atoms with Gasteiger partial charge in [0, 0.05) is 11.6 Å². The van der Waals surface area contributed by atoms with E-state index in [1.54, 1.807) is 30.3 Å². The van der Waals surface area contributed by atoms with E-state index in [1.807, 2.05) is 0 Å². The Hall–Kier alpha value is -1.88. The van der Waals surface area contributed by atoms with Gasteiger partial charge in [0.05, 0.1) is 11.6 Å². The normalized spacial score (nSPS) is 10.2. The maximum atomic E-state index is 13.3. The quantitative estimate of drug-likeness (QED) is 0.776. The Morgan fingerprint density at radius 1 is 1.20 bits per heavy atom. The van der Waals surface area contributed by atoms with E-state index in [9.17, 15) is 9.18 Å². The zero-order valence-corrected chi connectivity index (χ0v) is 12.3. The minimum atomic E-state index is -0.434. The summed E-state index contributed by atoms with van der Waals surface area (Å²) in [5.74, 6) is 0.274. The summed E-state index contributed by atoms with van der Waals surface area (Å²) in [6, 6.07) is 11.1. The van der Waals surface area contributed by atoms with Gasteiger partial charge in [-0.1, -0.05) is 12.1 Å². The van der Waals surface area contributed by atoms with Gasteiger partial charge in [-0.25, -0.2) is 4.39 Å². The SMILES string of the molecule is COc1cccc(C(=O)COc2ccc(Br)c(F)c2)c1. The Labute approximate surface area is 124 Å². The minimum Gasteiger partial charge on any atom is -0.497 e. The fourth-order valence-electron chi connectivity index (χ4n) is 1.60. The molecule has 104 valence electrons. The summed E-state index contributed by atoms with van der Waals surface area (Å²) >= 11 is 3.05. The van der Waals surface area contributed by atoms with Crippen LogP contribution in [0.5, 0.6) is 11.5 Å². The van der Waals surface area contributed by atoms with Gasteiger partial charge in [0.1, 0.15) is 17.3 Å². The molecule has 2 aromatic carbocycles. The van der Waals surface area contributed by atoms with Gasteiger partial charge >= 0.3 is 0 Å². The Balaban J connectivity index is 2.02. The van der Waals surface area contributed by atoms with Gasteiger partial charge < -0.3 is 9.47 Å². The molecule has 0 amide bonds. The summed E-state index contributed by atoms with van der Waals surface area (Å²) < 4.78 is 24.0. The second-order valence-electron chi connectivity index (χ2n) is 4.02. The maximum Gasteiger partial charge on any atom is 0.200 e. The lowest BCUT2D eigenvalue weighted by Crippen LogP contribution is -2.11. The molecule has 2 aromatic rings. The third-order valence-electron chi connectivity index (χ3n) is 2.65. The van der Waals surface area contributed by atoms with E-state index < -0.39 is 5.82 Å². The molecule has 0 bridgehead atoms.